The minimum atomic E-state index is -0.0706. The molecule has 9 heteroatoms. The summed E-state index contributed by atoms with van der Waals surface area (Å²) in [5.41, 5.74) is 0. The number of nitrogens with one attached hydrogen (secondary N) is 1. The van der Waals surface area contributed by atoms with Crippen molar-refractivity contribution >= 4 is 30.7 Å². The molecule has 1 atom stereocenters. The fraction of sp³-hybridized carbons (Fsp3) is 0.400. The molecule has 1 amide bonds. The molecule has 3 rings (SSSR count). The molecule has 1 aliphatic heterocycles. The molecular formula is C15H21Cl2N5O2. The monoisotopic (exact) mass is 373 g/mol. The van der Waals surface area contributed by atoms with Gasteiger partial charge >= 0.3 is 0 Å². The molecule has 2 aromatic heterocycles. The van der Waals surface area contributed by atoms with Gasteiger partial charge in [-0.3, -0.25) is 9.78 Å². The predicted molar refractivity (Wildman–Crippen MR) is 94.8 cm³/mol. The van der Waals surface area contributed by atoms with Crippen LogP contribution in [0, 0.1) is 0 Å². The van der Waals surface area contributed by atoms with Crippen LogP contribution in [0.3, 0.4) is 0 Å². The van der Waals surface area contributed by atoms with E-state index in [1.54, 1.807) is 30.7 Å². The van der Waals surface area contributed by atoms with Crippen LogP contribution >= 0.6 is 24.8 Å². The third-order valence-corrected chi connectivity index (χ3v) is 3.72. The second-order valence-electron chi connectivity index (χ2n) is 5.18. The molecule has 1 aliphatic rings. The average molecular weight is 374 g/mol. The van der Waals surface area contributed by atoms with Gasteiger partial charge in [-0.1, -0.05) is 0 Å². The third kappa shape index (κ3) is 4.59. The fourth-order valence-corrected chi connectivity index (χ4v) is 2.59. The Morgan fingerprint density at radius 2 is 2.25 bits per heavy atom. The van der Waals surface area contributed by atoms with Crippen molar-refractivity contribution in [3.8, 4) is 5.75 Å². The van der Waals surface area contributed by atoms with E-state index >= 15 is 0 Å². The van der Waals surface area contributed by atoms with Crippen molar-refractivity contribution in [2.45, 2.75) is 6.04 Å². The number of pyridine rings is 1. The van der Waals surface area contributed by atoms with Gasteiger partial charge in [0.05, 0.1) is 6.20 Å². The Hall–Kier alpha value is -1.83. The van der Waals surface area contributed by atoms with Gasteiger partial charge in [-0.15, -0.1) is 24.8 Å². The summed E-state index contributed by atoms with van der Waals surface area (Å²) in [6.07, 6.45) is 6.90. The van der Waals surface area contributed by atoms with Gasteiger partial charge in [-0.05, 0) is 12.1 Å². The topological polar surface area (TPSA) is 72.3 Å². The zero-order chi connectivity index (χ0) is 15.4. The highest BCUT2D eigenvalue weighted by Gasteiger charge is 2.30. The van der Waals surface area contributed by atoms with E-state index in [4.69, 9.17) is 4.74 Å². The maximum atomic E-state index is 12.5. The highest BCUT2D eigenvalue weighted by Crippen LogP contribution is 2.20. The zero-order valence-electron chi connectivity index (χ0n) is 13.3. The lowest BCUT2D eigenvalue weighted by Gasteiger charge is -2.35. The number of imidazole rings is 1. The lowest BCUT2D eigenvalue weighted by molar-refractivity contribution is -0.137. The van der Waals surface area contributed by atoms with Crippen LogP contribution < -0.4 is 10.1 Å². The highest BCUT2D eigenvalue weighted by atomic mass is 35.5. The number of hydrogen-bond donors (Lipinski definition) is 1. The van der Waals surface area contributed by atoms with Crippen LogP contribution in [0.25, 0.3) is 0 Å². The summed E-state index contributed by atoms with van der Waals surface area (Å²) < 4.78 is 7.46. The molecule has 3 heterocycles. The first kappa shape index (κ1) is 20.2. The van der Waals surface area contributed by atoms with Crippen molar-refractivity contribution in [2.24, 2.45) is 7.05 Å². The standard InChI is InChI=1S/C15H19N5O2.2ClH/c1-19-7-6-18-15(19)13-10-17-5-8-20(13)14(21)11-22-12-3-2-4-16-9-12;;/h2-4,6-7,9,13,17H,5,8,10-11H2,1H3;2*1H. The number of ether oxygens (including phenoxy) is 1. The summed E-state index contributed by atoms with van der Waals surface area (Å²) in [5.74, 6) is 1.43. The Morgan fingerprint density at radius 3 is 2.92 bits per heavy atom. The molecule has 0 aromatic carbocycles. The Morgan fingerprint density at radius 1 is 1.42 bits per heavy atom. The van der Waals surface area contributed by atoms with E-state index in [-0.39, 0.29) is 43.4 Å². The van der Waals surface area contributed by atoms with Gasteiger partial charge in [0.25, 0.3) is 5.91 Å². The van der Waals surface area contributed by atoms with E-state index in [0.29, 0.717) is 18.8 Å². The molecule has 0 saturated carbocycles. The SMILES string of the molecule is Cl.Cl.Cn1ccnc1C1CNCCN1C(=O)COc1cccnc1. The van der Waals surface area contributed by atoms with E-state index in [1.807, 2.05) is 22.7 Å². The second kappa shape index (κ2) is 9.46. The van der Waals surface area contributed by atoms with Crippen LogP contribution in [0.1, 0.15) is 11.9 Å². The summed E-state index contributed by atoms with van der Waals surface area (Å²) in [6.45, 7) is 2.13. The fourth-order valence-electron chi connectivity index (χ4n) is 2.59. The Labute approximate surface area is 153 Å². The first-order valence-corrected chi connectivity index (χ1v) is 7.26. The highest BCUT2D eigenvalue weighted by molar-refractivity contribution is 5.85. The molecule has 24 heavy (non-hydrogen) atoms. The number of carbonyl (C=O) groups is 1. The van der Waals surface area contributed by atoms with E-state index in [2.05, 4.69) is 15.3 Å². The van der Waals surface area contributed by atoms with Crippen molar-refractivity contribution in [1.29, 1.82) is 0 Å². The largest absolute Gasteiger partial charge is 0.482 e. The molecule has 0 bridgehead atoms. The predicted octanol–water partition coefficient (Wildman–Crippen LogP) is 1.21. The number of amides is 1. The molecule has 1 N–H and O–H groups in total. The van der Waals surface area contributed by atoms with Crippen LogP contribution in [-0.4, -0.2) is 51.6 Å². The lowest BCUT2D eigenvalue weighted by atomic mass is 10.1. The second-order valence-corrected chi connectivity index (χ2v) is 5.18. The zero-order valence-corrected chi connectivity index (χ0v) is 14.9. The van der Waals surface area contributed by atoms with Crippen LogP contribution in [0.5, 0.6) is 5.75 Å². The van der Waals surface area contributed by atoms with Crippen LogP contribution in [0.15, 0.2) is 36.9 Å². The number of aromatic nitrogens is 3. The van der Waals surface area contributed by atoms with Crippen molar-refractivity contribution in [2.75, 3.05) is 26.2 Å². The molecule has 0 aliphatic carbocycles. The Balaban J connectivity index is 0.00000144. The summed E-state index contributed by atoms with van der Waals surface area (Å²) >= 11 is 0. The van der Waals surface area contributed by atoms with E-state index < -0.39 is 0 Å². The number of rotatable bonds is 4. The number of halogens is 2. The molecule has 132 valence electrons. The van der Waals surface area contributed by atoms with E-state index in [9.17, 15) is 4.79 Å². The summed E-state index contributed by atoms with van der Waals surface area (Å²) in [4.78, 5) is 22.7. The summed E-state index contributed by atoms with van der Waals surface area (Å²) in [5, 5.41) is 3.31. The molecule has 7 nitrogen and oxygen atoms in total. The van der Waals surface area contributed by atoms with Gasteiger partial charge in [-0.2, -0.15) is 0 Å². The van der Waals surface area contributed by atoms with Crippen LogP contribution in [0.4, 0.5) is 0 Å². The van der Waals surface area contributed by atoms with E-state index in [0.717, 1.165) is 12.4 Å². The minimum absolute atomic E-state index is 0. The van der Waals surface area contributed by atoms with Crippen molar-refractivity contribution in [3.05, 3.63) is 42.7 Å². The van der Waals surface area contributed by atoms with Gasteiger partial charge in [0, 0.05) is 45.3 Å². The normalized spacial score (nSPS) is 16.7. The van der Waals surface area contributed by atoms with Gasteiger partial charge in [0.1, 0.15) is 17.6 Å². The quantitative estimate of drug-likeness (QED) is 0.871. The minimum Gasteiger partial charge on any atom is -0.482 e. The van der Waals surface area contributed by atoms with Gasteiger partial charge in [-0.25, -0.2) is 4.98 Å². The lowest BCUT2D eigenvalue weighted by Crippen LogP contribution is -2.50. The number of nitrogens with zero attached hydrogens (tertiary/aromatic N) is 4. The van der Waals surface area contributed by atoms with Gasteiger partial charge in [0.15, 0.2) is 6.61 Å². The Bertz CT molecular complexity index is 638. The molecule has 1 fully saturated rings. The van der Waals surface area contributed by atoms with E-state index in [1.165, 1.54) is 0 Å². The number of piperazine rings is 1. The Kier molecular flexibility index (Phi) is 7.97. The number of hydrogen-bond acceptors (Lipinski definition) is 5. The molecule has 0 spiro atoms. The van der Waals surface area contributed by atoms with Gasteiger partial charge < -0.3 is 19.5 Å². The third-order valence-electron chi connectivity index (χ3n) is 3.72. The number of aryl methyl sites for hydroxylation is 1. The maximum absolute atomic E-state index is 12.5. The summed E-state index contributed by atoms with van der Waals surface area (Å²) in [7, 11) is 1.94. The van der Waals surface area contributed by atoms with Crippen LogP contribution in [-0.2, 0) is 11.8 Å². The number of carbonyl (C=O) groups excluding carboxylic acids is 1. The molecule has 0 radical (unpaired) electrons. The smallest absolute Gasteiger partial charge is 0.261 e. The average Bonchev–Trinajstić information content (AvgIpc) is 2.99. The maximum Gasteiger partial charge on any atom is 0.261 e. The summed E-state index contributed by atoms with van der Waals surface area (Å²) in [6, 6.07) is 3.49. The van der Waals surface area contributed by atoms with Crippen LogP contribution in [0.2, 0.25) is 0 Å². The van der Waals surface area contributed by atoms with Crippen molar-refractivity contribution in [1.82, 2.24) is 24.8 Å². The molecular weight excluding hydrogens is 353 g/mol. The molecule has 2 aromatic rings. The molecule has 1 unspecified atom stereocenters. The first-order valence-electron chi connectivity index (χ1n) is 7.26. The van der Waals surface area contributed by atoms with Gasteiger partial charge in [0.2, 0.25) is 0 Å². The first-order chi connectivity index (χ1) is 10.8. The molecule has 1 saturated heterocycles. The van der Waals surface area contributed by atoms with Crippen molar-refractivity contribution < 1.29 is 9.53 Å². The van der Waals surface area contributed by atoms with Crippen molar-refractivity contribution in [3.63, 3.8) is 0 Å².